The van der Waals surface area contributed by atoms with E-state index in [-0.39, 0.29) is 37.3 Å². The van der Waals surface area contributed by atoms with E-state index >= 15 is 0 Å². The van der Waals surface area contributed by atoms with Gasteiger partial charge in [-0.3, -0.25) is 14.5 Å². The van der Waals surface area contributed by atoms with Crippen LogP contribution in [-0.4, -0.2) is 58.5 Å². The second-order valence-electron chi connectivity index (χ2n) is 10.8. The highest BCUT2D eigenvalue weighted by Gasteiger charge is 2.54. The van der Waals surface area contributed by atoms with Gasteiger partial charge in [0, 0.05) is 17.9 Å². The Kier molecular flexibility index (Phi) is 9.60. The number of carbonyl (C=O) groups is 2. The number of aliphatic hydroxyl groups is 2. The predicted octanol–water partition coefficient (Wildman–Crippen LogP) is 5.55. The van der Waals surface area contributed by atoms with E-state index in [1.54, 1.807) is 19.2 Å². The number of imide groups is 1. The SMILES string of the molecule is COCC1=C([C@H](O)CC/C(=C/c2ccc(O)cc2Cl)c2ccccc2)[C@H](CO)[C@@H]2C(=O)N(Cc3cccs3)C(=O)[C@@H]2C1. The maximum absolute atomic E-state index is 13.6. The molecule has 1 aromatic heterocycles. The lowest BCUT2D eigenvalue weighted by Crippen LogP contribution is -2.39. The Morgan fingerprint density at radius 2 is 1.93 bits per heavy atom. The van der Waals surface area contributed by atoms with Crippen molar-refractivity contribution in [1.82, 2.24) is 4.90 Å². The molecule has 1 saturated heterocycles. The summed E-state index contributed by atoms with van der Waals surface area (Å²) in [6.45, 7) is 0.0448. The second-order valence-corrected chi connectivity index (χ2v) is 12.2. The standard InChI is InChI=1S/C33H34ClNO6S/c1-41-19-23-15-26-31(33(40)35(32(26)39)17-25-8-5-13-42-25)27(18-36)30(23)29(38)12-10-21(20-6-3-2-4-7-20)14-22-9-11-24(37)16-28(22)34/h2-9,11,13-14,16,26-27,29,31,36-38H,10,12,15,17-19H2,1H3/b21-14-/t26-,27+,29-,31-/m1/s1. The number of ether oxygens (including phenoxy) is 1. The van der Waals surface area contributed by atoms with Gasteiger partial charge >= 0.3 is 0 Å². The van der Waals surface area contributed by atoms with Crippen LogP contribution in [0.2, 0.25) is 5.02 Å². The number of fused-ring (bicyclic) bond motifs is 1. The molecule has 7 nitrogen and oxygen atoms in total. The lowest BCUT2D eigenvalue weighted by molar-refractivity contribution is -0.140. The molecule has 42 heavy (non-hydrogen) atoms. The third-order valence-corrected chi connectivity index (χ3v) is 9.38. The zero-order chi connectivity index (χ0) is 29.8. The number of methoxy groups -OCH3 is 1. The minimum Gasteiger partial charge on any atom is -0.508 e. The number of rotatable bonds is 11. The summed E-state index contributed by atoms with van der Waals surface area (Å²) in [5.74, 6) is -2.47. The molecular formula is C33H34ClNO6S. The largest absolute Gasteiger partial charge is 0.508 e. The average Bonchev–Trinajstić information content (AvgIpc) is 3.59. The van der Waals surface area contributed by atoms with Gasteiger partial charge in [-0.05, 0) is 82.8 Å². The Morgan fingerprint density at radius 3 is 2.60 bits per heavy atom. The van der Waals surface area contributed by atoms with Crippen LogP contribution < -0.4 is 0 Å². The number of likely N-dealkylation sites (tertiary alicyclic amines) is 1. The minimum absolute atomic E-state index is 0.0750. The zero-order valence-corrected chi connectivity index (χ0v) is 24.9. The van der Waals surface area contributed by atoms with Gasteiger partial charge in [0.15, 0.2) is 0 Å². The average molecular weight is 608 g/mol. The number of carbonyl (C=O) groups excluding carboxylic acids is 2. The van der Waals surface area contributed by atoms with Crippen LogP contribution in [0.1, 0.15) is 35.3 Å². The molecule has 0 radical (unpaired) electrons. The molecule has 0 bridgehead atoms. The van der Waals surface area contributed by atoms with Crippen LogP contribution in [0.4, 0.5) is 0 Å². The first-order valence-electron chi connectivity index (χ1n) is 13.9. The Balaban J connectivity index is 1.43. The molecule has 0 spiro atoms. The van der Waals surface area contributed by atoms with E-state index in [0.717, 1.165) is 27.2 Å². The van der Waals surface area contributed by atoms with Crippen molar-refractivity contribution in [2.45, 2.75) is 31.9 Å². The van der Waals surface area contributed by atoms with E-state index in [4.69, 9.17) is 16.3 Å². The number of amides is 2. The molecule has 2 heterocycles. The Labute approximate surface area is 254 Å². The van der Waals surface area contributed by atoms with Crippen molar-refractivity contribution in [3.63, 3.8) is 0 Å². The highest BCUT2D eigenvalue weighted by molar-refractivity contribution is 7.09. The van der Waals surface area contributed by atoms with E-state index in [1.165, 1.54) is 22.3 Å². The number of phenols is 1. The molecule has 3 aromatic rings. The van der Waals surface area contributed by atoms with Crippen molar-refractivity contribution in [3.05, 3.63) is 98.2 Å². The lowest BCUT2D eigenvalue weighted by Gasteiger charge is -2.36. The minimum atomic E-state index is -0.968. The number of halogens is 1. The summed E-state index contributed by atoms with van der Waals surface area (Å²) in [4.78, 5) is 29.3. The fourth-order valence-corrected chi connectivity index (χ4v) is 7.19. The summed E-state index contributed by atoms with van der Waals surface area (Å²) < 4.78 is 5.47. The molecule has 220 valence electrons. The third kappa shape index (κ3) is 6.23. The van der Waals surface area contributed by atoms with Gasteiger partial charge in [-0.2, -0.15) is 0 Å². The van der Waals surface area contributed by atoms with E-state index in [0.29, 0.717) is 29.9 Å². The maximum Gasteiger partial charge on any atom is 0.234 e. The van der Waals surface area contributed by atoms with Crippen molar-refractivity contribution in [3.8, 4) is 5.75 Å². The summed E-state index contributed by atoms with van der Waals surface area (Å²) in [5.41, 5.74) is 3.98. The third-order valence-electron chi connectivity index (χ3n) is 8.19. The van der Waals surface area contributed by atoms with Gasteiger partial charge < -0.3 is 20.1 Å². The fraction of sp³-hybridized carbons (Fsp3) is 0.333. The van der Waals surface area contributed by atoms with Crippen molar-refractivity contribution >= 4 is 46.4 Å². The number of benzene rings is 2. The molecule has 1 aliphatic heterocycles. The van der Waals surface area contributed by atoms with Crippen LogP contribution >= 0.6 is 22.9 Å². The van der Waals surface area contributed by atoms with Gasteiger partial charge in [0.25, 0.3) is 0 Å². The van der Waals surface area contributed by atoms with E-state index in [9.17, 15) is 24.9 Å². The topological polar surface area (TPSA) is 107 Å². The van der Waals surface area contributed by atoms with Gasteiger partial charge in [0.1, 0.15) is 5.75 Å². The number of nitrogens with zero attached hydrogens (tertiary/aromatic N) is 1. The number of allylic oxidation sites excluding steroid dienone is 1. The Hall–Kier alpha value is -3.27. The molecular weight excluding hydrogens is 574 g/mol. The van der Waals surface area contributed by atoms with Crippen molar-refractivity contribution in [1.29, 1.82) is 0 Å². The number of aliphatic hydroxyl groups excluding tert-OH is 2. The van der Waals surface area contributed by atoms with Gasteiger partial charge in [-0.1, -0.05) is 48.0 Å². The predicted molar refractivity (Wildman–Crippen MR) is 164 cm³/mol. The first-order chi connectivity index (χ1) is 20.3. The van der Waals surface area contributed by atoms with Gasteiger partial charge in [0.05, 0.1) is 42.7 Å². The zero-order valence-electron chi connectivity index (χ0n) is 23.3. The molecule has 5 rings (SSSR count). The van der Waals surface area contributed by atoms with E-state index < -0.39 is 23.9 Å². The number of hydrogen-bond donors (Lipinski definition) is 3. The smallest absolute Gasteiger partial charge is 0.234 e. The van der Waals surface area contributed by atoms with Crippen molar-refractivity contribution < 1.29 is 29.6 Å². The summed E-state index contributed by atoms with van der Waals surface area (Å²) in [5, 5.41) is 34.3. The fourth-order valence-electron chi connectivity index (χ4n) is 6.27. The maximum atomic E-state index is 13.6. The summed E-state index contributed by atoms with van der Waals surface area (Å²) in [6.07, 6.45) is 2.06. The Morgan fingerprint density at radius 1 is 1.14 bits per heavy atom. The highest BCUT2D eigenvalue weighted by Crippen LogP contribution is 2.47. The molecule has 3 N–H and O–H groups in total. The van der Waals surface area contributed by atoms with Crippen LogP contribution in [-0.2, 0) is 20.9 Å². The molecule has 2 aromatic carbocycles. The normalized spacial score (nSPS) is 21.7. The summed E-state index contributed by atoms with van der Waals surface area (Å²) in [7, 11) is 1.55. The molecule has 2 amide bonds. The monoisotopic (exact) mass is 607 g/mol. The van der Waals surface area contributed by atoms with Crippen LogP contribution in [0.15, 0.2) is 77.2 Å². The number of aromatic hydroxyl groups is 1. The second kappa shape index (κ2) is 13.4. The summed E-state index contributed by atoms with van der Waals surface area (Å²) in [6, 6.07) is 18.3. The Bertz CT molecular complexity index is 1490. The molecule has 0 unspecified atom stereocenters. The highest BCUT2D eigenvalue weighted by atomic mass is 35.5. The number of phenolic OH excluding ortho intramolecular Hbond substituents is 1. The van der Waals surface area contributed by atoms with Gasteiger partial charge in [-0.15, -0.1) is 11.3 Å². The molecule has 9 heteroatoms. The van der Waals surface area contributed by atoms with Crippen LogP contribution in [0.3, 0.4) is 0 Å². The lowest BCUT2D eigenvalue weighted by atomic mass is 9.68. The number of thiophene rings is 1. The van der Waals surface area contributed by atoms with E-state index in [1.807, 2.05) is 53.9 Å². The quantitative estimate of drug-likeness (QED) is 0.150. The first-order valence-corrected chi connectivity index (χ1v) is 15.2. The molecule has 1 fully saturated rings. The first kappa shape index (κ1) is 30.2. The molecule has 1 aliphatic carbocycles. The van der Waals surface area contributed by atoms with Gasteiger partial charge in [0.2, 0.25) is 11.8 Å². The molecule has 2 aliphatic rings. The number of hydrogen-bond acceptors (Lipinski definition) is 7. The molecule has 0 saturated carbocycles. The van der Waals surface area contributed by atoms with Crippen LogP contribution in [0.25, 0.3) is 11.6 Å². The van der Waals surface area contributed by atoms with E-state index in [2.05, 4.69) is 0 Å². The van der Waals surface area contributed by atoms with Crippen molar-refractivity contribution in [2.75, 3.05) is 20.3 Å². The van der Waals surface area contributed by atoms with Crippen LogP contribution in [0, 0.1) is 17.8 Å². The summed E-state index contributed by atoms with van der Waals surface area (Å²) >= 11 is 7.89. The van der Waals surface area contributed by atoms with Gasteiger partial charge in [-0.25, -0.2) is 0 Å². The van der Waals surface area contributed by atoms with Crippen molar-refractivity contribution in [2.24, 2.45) is 17.8 Å². The van der Waals surface area contributed by atoms with Crippen LogP contribution in [0.5, 0.6) is 5.75 Å². The molecule has 4 atom stereocenters.